The van der Waals surface area contributed by atoms with Gasteiger partial charge in [0.25, 0.3) is 0 Å². The van der Waals surface area contributed by atoms with E-state index in [1.165, 1.54) is 6.07 Å². The number of nitrogens with two attached hydrogens (primary N) is 2. The summed E-state index contributed by atoms with van der Waals surface area (Å²) in [5.74, 6) is 0. The zero-order chi connectivity index (χ0) is 13.3. The van der Waals surface area contributed by atoms with E-state index >= 15 is 0 Å². The van der Waals surface area contributed by atoms with E-state index in [1.807, 2.05) is 0 Å². The fourth-order valence-corrected chi connectivity index (χ4v) is 1.85. The minimum Gasteiger partial charge on any atom is -0.399 e. The minimum atomic E-state index is -4.51. The van der Waals surface area contributed by atoms with E-state index in [-0.39, 0.29) is 16.9 Å². The summed E-state index contributed by atoms with van der Waals surface area (Å²) in [6.07, 6.45) is -4.51. The van der Waals surface area contributed by atoms with Crippen molar-refractivity contribution in [3.8, 4) is 11.1 Å². The monoisotopic (exact) mass is 252 g/mol. The zero-order valence-corrected chi connectivity index (χ0v) is 9.33. The summed E-state index contributed by atoms with van der Waals surface area (Å²) in [7, 11) is 0. The average molecular weight is 252 g/mol. The van der Waals surface area contributed by atoms with E-state index in [2.05, 4.69) is 0 Å². The van der Waals surface area contributed by atoms with E-state index in [9.17, 15) is 13.2 Å². The molecule has 18 heavy (non-hydrogen) atoms. The first-order valence-electron chi connectivity index (χ1n) is 5.21. The Balaban J connectivity index is 2.74. The summed E-state index contributed by atoms with van der Waals surface area (Å²) >= 11 is 0. The molecule has 0 aliphatic rings. The van der Waals surface area contributed by atoms with E-state index in [0.29, 0.717) is 5.56 Å². The Bertz CT molecular complexity index is 562. The lowest BCUT2D eigenvalue weighted by atomic mass is 9.97. The van der Waals surface area contributed by atoms with Crippen LogP contribution in [0.2, 0.25) is 0 Å². The summed E-state index contributed by atoms with van der Waals surface area (Å²) in [5.41, 5.74) is 10.4. The van der Waals surface area contributed by atoms with Crippen LogP contribution < -0.4 is 11.5 Å². The van der Waals surface area contributed by atoms with Crippen LogP contribution in [-0.2, 0) is 6.18 Å². The highest BCUT2D eigenvalue weighted by atomic mass is 19.4. The predicted molar refractivity (Wildman–Crippen MR) is 65.7 cm³/mol. The maximum atomic E-state index is 13.0. The molecule has 0 unspecified atom stereocenters. The molecular weight excluding hydrogens is 241 g/mol. The van der Waals surface area contributed by atoms with Crippen LogP contribution in [0.5, 0.6) is 0 Å². The quantitative estimate of drug-likeness (QED) is 0.763. The normalized spacial score (nSPS) is 11.5. The number of hydrogen-bond donors (Lipinski definition) is 2. The Morgan fingerprint density at radius 2 is 1.50 bits per heavy atom. The molecule has 94 valence electrons. The van der Waals surface area contributed by atoms with Gasteiger partial charge in [-0.2, -0.15) is 13.2 Å². The van der Waals surface area contributed by atoms with Crippen LogP contribution in [0.1, 0.15) is 5.56 Å². The Morgan fingerprint density at radius 3 is 2.06 bits per heavy atom. The largest absolute Gasteiger partial charge is 0.418 e. The Labute approximate surface area is 102 Å². The van der Waals surface area contributed by atoms with Gasteiger partial charge in [-0.1, -0.05) is 30.3 Å². The molecule has 0 radical (unpaired) electrons. The molecule has 4 N–H and O–H groups in total. The molecule has 2 rings (SSSR count). The van der Waals surface area contributed by atoms with Crippen LogP contribution in [-0.4, -0.2) is 0 Å². The van der Waals surface area contributed by atoms with Crippen molar-refractivity contribution in [3.63, 3.8) is 0 Å². The fourth-order valence-electron chi connectivity index (χ4n) is 1.85. The van der Waals surface area contributed by atoms with Gasteiger partial charge in [-0.25, -0.2) is 0 Å². The van der Waals surface area contributed by atoms with Crippen molar-refractivity contribution in [2.45, 2.75) is 6.18 Å². The SMILES string of the molecule is Nc1cc(N)c(C(F)(F)F)c(-c2ccccc2)c1. The van der Waals surface area contributed by atoms with Gasteiger partial charge in [0.05, 0.1) is 5.56 Å². The Kier molecular flexibility index (Phi) is 2.90. The molecule has 0 heterocycles. The number of halogens is 3. The molecule has 2 nitrogen and oxygen atoms in total. The minimum absolute atomic E-state index is 0.000556. The van der Waals surface area contributed by atoms with Crippen molar-refractivity contribution in [2.24, 2.45) is 0 Å². The first kappa shape index (κ1) is 12.3. The van der Waals surface area contributed by atoms with Crippen molar-refractivity contribution in [3.05, 3.63) is 48.0 Å². The topological polar surface area (TPSA) is 52.0 Å². The lowest BCUT2D eigenvalue weighted by molar-refractivity contribution is -0.136. The second kappa shape index (κ2) is 4.25. The van der Waals surface area contributed by atoms with Gasteiger partial charge in [0.2, 0.25) is 0 Å². The third-order valence-corrected chi connectivity index (χ3v) is 2.56. The molecule has 0 amide bonds. The molecule has 5 heteroatoms. The Hall–Kier alpha value is -2.17. The Morgan fingerprint density at radius 1 is 0.889 bits per heavy atom. The van der Waals surface area contributed by atoms with Gasteiger partial charge in [-0.3, -0.25) is 0 Å². The van der Waals surface area contributed by atoms with Gasteiger partial charge in [-0.05, 0) is 23.3 Å². The van der Waals surface area contributed by atoms with Gasteiger partial charge in [0, 0.05) is 11.4 Å². The van der Waals surface area contributed by atoms with Crippen LogP contribution in [0.25, 0.3) is 11.1 Å². The highest BCUT2D eigenvalue weighted by molar-refractivity contribution is 5.78. The van der Waals surface area contributed by atoms with E-state index in [1.54, 1.807) is 30.3 Å². The molecular formula is C13H11F3N2. The maximum Gasteiger partial charge on any atom is 0.418 e. The number of benzene rings is 2. The van der Waals surface area contributed by atoms with E-state index in [4.69, 9.17) is 11.5 Å². The smallest absolute Gasteiger partial charge is 0.399 e. The van der Waals surface area contributed by atoms with Crippen LogP contribution in [0.15, 0.2) is 42.5 Å². The number of nitrogen functional groups attached to an aromatic ring is 2. The average Bonchev–Trinajstić information content (AvgIpc) is 2.27. The van der Waals surface area contributed by atoms with Crippen molar-refractivity contribution in [1.29, 1.82) is 0 Å². The van der Waals surface area contributed by atoms with Crippen molar-refractivity contribution >= 4 is 11.4 Å². The molecule has 0 saturated carbocycles. The van der Waals surface area contributed by atoms with Gasteiger partial charge < -0.3 is 11.5 Å². The van der Waals surface area contributed by atoms with Crippen molar-refractivity contribution < 1.29 is 13.2 Å². The third kappa shape index (κ3) is 2.25. The molecule has 0 atom stereocenters. The zero-order valence-electron chi connectivity index (χ0n) is 9.33. The first-order valence-corrected chi connectivity index (χ1v) is 5.21. The molecule has 0 spiro atoms. The third-order valence-electron chi connectivity index (χ3n) is 2.56. The van der Waals surface area contributed by atoms with Crippen molar-refractivity contribution in [1.82, 2.24) is 0 Å². The second-order valence-corrected chi connectivity index (χ2v) is 3.90. The van der Waals surface area contributed by atoms with Gasteiger partial charge >= 0.3 is 6.18 Å². The van der Waals surface area contributed by atoms with E-state index < -0.39 is 11.7 Å². The molecule has 2 aromatic carbocycles. The summed E-state index contributed by atoms with van der Waals surface area (Å²) in [6, 6.07) is 10.6. The van der Waals surface area contributed by atoms with Crippen LogP contribution in [0.4, 0.5) is 24.5 Å². The molecule has 0 saturated heterocycles. The van der Waals surface area contributed by atoms with Crippen LogP contribution >= 0.6 is 0 Å². The van der Waals surface area contributed by atoms with Gasteiger partial charge in [-0.15, -0.1) is 0 Å². The van der Waals surface area contributed by atoms with E-state index in [0.717, 1.165) is 6.07 Å². The number of rotatable bonds is 1. The highest BCUT2D eigenvalue weighted by Gasteiger charge is 2.36. The molecule has 0 fully saturated rings. The predicted octanol–water partition coefficient (Wildman–Crippen LogP) is 3.54. The first-order chi connectivity index (χ1) is 8.39. The lowest BCUT2D eigenvalue weighted by Crippen LogP contribution is -2.11. The summed E-state index contributed by atoms with van der Waals surface area (Å²) in [6.45, 7) is 0. The maximum absolute atomic E-state index is 13.0. The van der Waals surface area contributed by atoms with Gasteiger partial charge in [0.15, 0.2) is 0 Å². The second-order valence-electron chi connectivity index (χ2n) is 3.90. The molecule has 0 aromatic heterocycles. The van der Waals surface area contributed by atoms with Crippen molar-refractivity contribution in [2.75, 3.05) is 11.5 Å². The summed E-state index contributed by atoms with van der Waals surface area (Å²) < 4.78 is 39.0. The van der Waals surface area contributed by atoms with Crippen LogP contribution in [0.3, 0.4) is 0 Å². The summed E-state index contributed by atoms with van der Waals surface area (Å²) in [4.78, 5) is 0. The molecule has 0 aliphatic carbocycles. The standard InChI is InChI=1S/C13H11F3N2/c14-13(15,16)12-10(6-9(17)7-11(12)18)8-4-2-1-3-5-8/h1-7H,17-18H2. The van der Waals surface area contributed by atoms with Gasteiger partial charge in [0.1, 0.15) is 0 Å². The molecule has 0 bridgehead atoms. The fraction of sp³-hybridized carbons (Fsp3) is 0.0769. The summed E-state index contributed by atoms with van der Waals surface area (Å²) in [5, 5.41) is 0. The highest BCUT2D eigenvalue weighted by Crippen LogP contribution is 2.41. The molecule has 2 aromatic rings. The molecule has 0 aliphatic heterocycles. The number of hydrogen-bond acceptors (Lipinski definition) is 2. The van der Waals surface area contributed by atoms with Crippen LogP contribution in [0, 0.1) is 0 Å². The lowest BCUT2D eigenvalue weighted by Gasteiger charge is -2.16. The number of anilines is 2. The number of alkyl halides is 3.